The van der Waals surface area contributed by atoms with Crippen molar-refractivity contribution in [1.82, 2.24) is 14.9 Å². The summed E-state index contributed by atoms with van der Waals surface area (Å²) in [5.41, 5.74) is 6.06. The fourth-order valence-electron chi connectivity index (χ4n) is 3.45. The molecule has 2 N–H and O–H groups in total. The lowest BCUT2D eigenvalue weighted by atomic mass is 9.86. The molecule has 1 atom stereocenters. The highest BCUT2D eigenvalue weighted by Crippen LogP contribution is 2.27. The standard InChI is InChI=1S/C19H18ClF5N4O/c20-12-7-11(13(21)9-14(12)22)8-15(26)10-2-5-29(6-3-10)17(30)16-1-4-27-18(28-16)19(23,24)25/h1,4,7,9-10,15H,2-3,5-6,8,26H2/t15-/m1/s1. The van der Waals surface area contributed by atoms with Crippen LogP contribution in [0.25, 0.3) is 0 Å². The van der Waals surface area contributed by atoms with Crippen molar-refractivity contribution >= 4 is 17.5 Å². The van der Waals surface area contributed by atoms with E-state index in [0.29, 0.717) is 18.9 Å². The topological polar surface area (TPSA) is 72.1 Å². The largest absolute Gasteiger partial charge is 0.451 e. The Balaban J connectivity index is 1.61. The Hall–Kier alpha value is -2.33. The first-order chi connectivity index (χ1) is 14.1. The third-order valence-electron chi connectivity index (χ3n) is 5.11. The van der Waals surface area contributed by atoms with Crippen LogP contribution >= 0.6 is 11.6 Å². The van der Waals surface area contributed by atoms with Gasteiger partial charge in [0.25, 0.3) is 5.91 Å². The summed E-state index contributed by atoms with van der Waals surface area (Å²) >= 11 is 5.70. The van der Waals surface area contributed by atoms with Gasteiger partial charge in [0.15, 0.2) is 0 Å². The Morgan fingerprint density at radius 1 is 1.23 bits per heavy atom. The number of nitrogens with two attached hydrogens (primary N) is 1. The molecule has 0 spiro atoms. The molecule has 2 aromatic rings. The predicted octanol–water partition coefficient (Wildman–Crippen LogP) is 3.85. The van der Waals surface area contributed by atoms with Crippen molar-refractivity contribution in [1.29, 1.82) is 0 Å². The maximum absolute atomic E-state index is 13.9. The van der Waals surface area contributed by atoms with Crippen LogP contribution in [-0.4, -0.2) is 39.9 Å². The average Bonchev–Trinajstić information content (AvgIpc) is 2.71. The van der Waals surface area contributed by atoms with E-state index >= 15 is 0 Å². The van der Waals surface area contributed by atoms with Crippen molar-refractivity contribution in [3.8, 4) is 0 Å². The second kappa shape index (κ2) is 8.81. The molecule has 162 valence electrons. The van der Waals surface area contributed by atoms with Gasteiger partial charge in [0, 0.05) is 31.4 Å². The number of hydrogen-bond donors (Lipinski definition) is 1. The summed E-state index contributed by atoms with van der Waals surface area (Å²) < 4.78 is 65.5. The third kappa shape index (κ3) is 5.04. The summed E-state index contributed by atoms with van der Waals surface area (Å²) in [5, 5.41) is -0.193. The number of rotatable bonds is 4. The Labute approximate surface area is 174 Å². The van der Waals surface area contributed by atoms with Crippen LogP contribution in [0.5, 0.6) is 0 Å². The summed E-state index contributed by atoms with van der Waals surface area (Å²) in [5.74, 6) is -3.62. The molecule has 5 nitrogen and oxygen atoms in total. The predicted molar refractivity (Wildman–Crippen MR) is 98.7 cm³/mol. The number of carbonyl (C=O) groups is 1. The number of aromatic nitrogens is 2. The number of hydrogen-bond acceptors (Lipinski definition) is 4. The molecule has 11 heteroatoms. The van der Waals surface area contributed by atoms with Crippen LogP contribution in [-0.2, 0) is 12.6 Å². The normalized spacial score (nSPS) is 16.6. The number of halogens is 6. The Morgan fingerprint density at radius 3 is 2.53 bits per heavy atom. The summed E-state index contributed by atoms with van der Waals surface area (Å²) in [4.78, 5) is 20.4. The number of nitrogens with zero attached hydrogens (tertiary/aromatic N) is 3. The molecule has 2 heterocycles. The zero-order valence-corrected chi connectivity index (χ0v) is 16.4. The Morgan fingerprint density at radius 2 is 1.90 bits per heavy atom. The van der Waals surface area contributed by atoms with Crippen LogP contribution in [0.3, 0.4) is 0 Å². The van der Waals surface area contributed by atoms with E-state index in [4.69, 9.17) is 17.3 Å². The maximum atomic E-state index is 13.9. The molecule has 1 saturated heterocycles. The minimum absolute atomic E-state index is 0.0478. The maximum Gasteiger partial charge on any atom is 0.451 e. The first kappa shape index (κ1) is 22.4. The zero-order chi connectivity index (χ0) is 22.1. The second-order valence-electron chi connectivity index (χ2n) is 7.12. The van der Waals surface area contributed by atoms with Crippen LogP contribution in [0, 0.1) is 17.6 Å². The monoisotopic (exact) mass is 448 g/mol. The molecular weight excluding hydrogens is 431 g/mol. The molecule has 1 aromatic heterocycles. The van der Waals surface area contributed by atoms with Crippen LogP contribution < -0.4 is 5.73 Å². The van der Waals surface area contributed by atoms with E-state index in [1.54, 1.807) is 0 Å². The molecule has 3 rings (SSSR count). The van der Waals surface area contributed by atoms with Gasteiger partial charge in [-0.2, -0.15) is 13.2 Å². The number of likely N-dealkylation sites (tertiary alicyclic amines) is 1. The van der Waals surface area contributed by atoms with E-state index in [1.807, 2.05) is 0 Å². The molecule has 1 aliphatic heterocycles. The third-order valence-corrected chi connectivity index (χ3v) is 5.40. The average molecular weight is 449 g/mol. The van der Waals surface area contributed by atoms with Crippen molar-refractivity contribution in [3.05, 3.63) is 58.1 Å². The molecule has 1 fully saturated rings. The van der Waals surface area contributed by atoms with E-state index in [9.17, 15) is 26.7 Å². The van der Waals surface area contributed by atoms with Gasteiger partial charge in [-0.1, -0.05) is 11.6 Å². The highest BCUT2D eigenvalue weighted by molar-refractivity contribution is 6.30. The number of alkyl halides is 3. The van der Waals surface area contributed by atoms with E-state index < -0.39 is 35.6 Å². The fraction of sp³-hybridized carbons (Fsp3) is 0.421. The van der Waals surface area contributed by atoms with Gasteiger partial charge in [0.05, 0.1) is 5.02 Å². The van der Waals surface area contributed by atoms with Gasteiger partial charge >= 0.3 is 6.18 Å². The molecule has 1 aromatic carbocycles. The lowest BCUT2D eigenvalue weighted by molar-refractivity contribution is -0.145. The van der Waals surface area contributed by atoms with Crippen molar-refractivity contribution < 1.29 is 26.7 Å². The van der Waals surface area contributed by atoms with Crippen LogP contribution in [0.15, 0.2) is 24.4 Å². The molecule has 30 heavy (non-hydrogen) atoms. The van der Waals surface area contributed by atoms with Crippen LogP contribution in [0.2, 0.25) is 5.02 Å². The van der Waals surface area contributed by atoms with Crippen LogP contribution in [0.1, 0.15) is 34.7 Å². The number of amides is 1. The highest BCUT2D eigenvalue weighted by Gasteiger charge is 2.36. The van der Waals surface area contributed by atoms with E-state index in [-0.39, 0.29) is 41.7 Å². The van der Waals surface area contributed by atoms with Gasteiger partial charge in [-0.05, 0) is 42.9 Å². The number of carbonyl (C=O) groups excluding carboxylic acids is 1. The van der Waals surface area contributed by atoms with Gasteiger partial charge in [-0.3, -0.25) is 4.79 Å². The van der Waals surface area contributed by atoms with Gasteiger partial charge < -0.3 is 10.6 Å². The zero-order valence-electron chi connectivity index (χ0n) is 15.6. The van der Waals surface area contributed by atoms with Gasteiger partial charge in [-0.25, -0.2) is 18.7 Å². The molecule has 0 saturated carbocycles. The van der Waals surface area contributed by atoms with E-state index in [1.165, 1.54) is 11.0 Å². The van der Waals surface area contributed by atoms with E-state index in [0.717, 1.165) is 12.3 Å². The molecule has 0 unspecified atom stereocenters. The van der Waals surface area contributed by atoms with Crippen molar-refractivity contribution in [2.45, 2.75) is 31.5 Å². The summed E-state index contributed by atoms with van der Waals surface area (Å²) in [7, 11) is 0. The molecule has 0 bridgehead atoms. The molecule has 1 amide bonds. The van der Waals surface area contributed by atoms with Crippen molar-refractivity contribution in [2.75, 3.05) is 13.1 Å². The molecule has 1 aliphatic rings. The number of piperidine rings is 1. The molecule has 0 radical (unpaired) electrons. The van der Waals surface area contributed by atoms with Crippen LogP contribution in [0.4, 0.5) is 22.0 Å². The first-order valence-electron chi connectivity index (χ1n) is 9.14. The smallest absolute Gasteiger partial charge is 0.337 e. The van der Waals surface area contributed by atoms with E-state index in [2.05, 4.69) is 9.97 Å². The highest BCUT2D eigenvalue weighted by atomic mass is 35.5. The molecular formula is C19H18ClF5N4O. The lowest BCUT2D eigenvalue weighted by Gasteiger charge is -2.34. The minimum Gasteiger partial charge on any atom is -0.337 e. The quantitative estimate of drug-likeness (QED) is 0.569. The summed E-state index contributed by atoms with van der Waals surface area (Å²) in [6.45, 7) is 0.546. The second-order valence-corrected chi connectivity index (χ2v) is 7.53. The number of benzene rings is 1. The molecule has 0 aliphatic carbocycles. The van der Waals surface area contributed by atoms with Gasteiger partial charge in [-0.15, -0.1) is 0 Å². The van der Waals surface area contributed by atoms with Crippen molar-refractivity contribution in [2.24, 2.45) is 11.7 Å². The Bertz CT molecular complexity index is 932. The summed E-state index contributed by atoms with van der Waals surface area (Å²) in [6.07, 6.45) is -2.73. The SMILES string of the molecule is N[C@H](Cc1cc(Cl)c(F)cc1F)C1CCN(C(=O)c2ccnc(C(F)(F)F)n2)CC1. The summed E-state index contributed by atoms with van der Waals surface area (Å²) in [6, 6.07) is 2.60. The lowest BCUT2D eigenvalue weighted by Crippen LogP contribution is -2.44. The first-order valence-corrected chi connectivity index (χ1v) is 9.52. The Kier molecular flexibility index (Phi) is 6.56. The van der Waals surface area contributed by atoms with Gasteiger partial charge in [0.1, 0.15) is 17.3 Å². The fourth-order valence-corrected chi connectivity index (χ4v) is 3.63. The van der Waals surface area contributed by atoms with Gasteiger partial charge in [0.2, 0.25) is 5.82 Å². The van der Waals surface area contributed by atoms with Crippen molar-refractivity contribution in [3.63, 3.8) is 0 Å². The minimum atomic E-state index is -4.74.